The number of imidazole rings is 1. The van der Waals surface area contributed by atoms with Gasteiger partial charge in [0.2, 0.25) is 16.9 Å². The molecule has 2 aromatic heterocycles. The van der Waals surface area contributed by atoms with Gasteiger partial charge in [-0.25, -0.2) is 28.6 Å². The van der Waals surface area contributed by atoms with Gasteiger partial charge in [-0.05, 0) is 13.8 Å². The van der Waals surface area contributed by atoms with Gasteiger partial charge in [-0.2, -0.15) is 4.31 Å². The third-order valence-corrected chi connectivity index (χ3v) is 13.6. The molecule has 2 saturated heterocycles. The molecule has 4 rings (SSSR count). The first-order valence-corrected chi connectivity index (χ1v) is 23.3. The Morgan fingerprint density at radius 2 is 1.81 bits per heavy atom. The highest BCUT2D eigenvalue weighted by atomic mass is 32.2. The number of hydrogen-bond acceptors (Lipinski definition) is 20. The van der Waals surface area contributed by atoms with Gasteiger partial charge in [0, 0.05) is 36.4 Å². The summed E-state index contributed by atoms with van der Waals surface area (Å²) in [7, 11) is -16.4. The molecule has 8 unspecified atom stereocenters. The second-order valence-corrected chi connectivity index (χ2v) is 20.7. The number of phosphoric acid groups is 3. The number of fused-ring (bicyclic) bond motifs is 1. The number of nitrogens with one attached hydrogen (secondary N) is 3. The number of aliphatic hydroxyl groups is 2. The van der Waals surface area contributed by atoms with E-state index in [4.69, 9.17) is 19.5 Å². The van der Waals surface area contributed by atoms with Crippen molar-refractivity contribution in [1.29, 1.82) is 0 Å². The summed E-state index contributed by atoms with van der Waals surface area (Å²) >= 11 is 2.74. The topological polar surface area (TPSA) is 376 Å². The van der Waals surface area contributed by atoms with Gasteiger partial charge in [-0.15, -0.1) is 11.8 Å². The maximum absolute atomic E-state index is 12.7. The van der Waals surface area contributed by atoms with Crippen LogP contribution < -0.4 is 21.7 Å². The number of carbonyl (C=O) groups excluding carboxylic acids is 3. The fourth-order valence-corrected chi connectivity index (χ4v) is 10.0. The van der Waals surface area contributed by atoms with E-state index in [0.717, 1.165) is 29.0 Å². The number of thioether (sulfide) groups is 2. The van der Waals surface area contributed by atoms with E-state index in [1.165, 1.54) is 13.8 Å². The zero-order valence-electron chi connectivity index (χ0n) is 30.8. The maximum atomic E-state index is 12.7. The standard InChI is InChI=1S/C27H45N8O17P3S2/c1-26(2,20(38)23(39)30-6-5-16(36)29-7-8-56-25(40)14-10-57-27(3,4)34-14)11-49-55(46,47)52-54(44,45)48-9-15-19(51-53(41,42)43)18(37)24(50-15)35-13-33-17-21(28)31-12-32-22(17)35/h12-15,18-20,24,34,37-38H,5-11H2,1-4H3,(H,29,36)(H,30,39)(H,44,45)(H,46,47)(H2,28,31,32)(H2,41,42,43). The van der Waals surface area contributed by atoms with E-state index in [9.17, 15) is 57.9 Å². The number of amides is 2. The molecule has 8 atom stereocenters. The predicted octanol–water partition coefficient (Wildman–Crippen LogP) is -0.894. The Morgan fingerprint density at radius 3 is 2.46 bits per heavy atom. The van der Waals surface area contributed by atoms with E-state index in [1.54, 1.807) is 11.8 Å². The molecule has 2 aromatic rings. The van der Waals surface area contributed by atoms with Crippen molar-refractivity contribution < 1.29 is 80.5 Å². The van der Waals surface area contributed by atoms with Crippen LogP contribution >= 0.6 is 47.0 Å². The Labute approximate surface area is 333 Å². The van der Waals surface area contributed by atoms with Crippen LogP contribution in [0.15, 0.2) is 12.7 Å². The average Bonchev–Trinajstić information content (AvgIpc) is 3.78. The van der Waals surface area contributed by atoms with Crippen LogP contribution in [-0.2, 0) is 50.7 Å². The molecule has 0 bridgehead atoms. The van der Waals surface area contributed by atoms with Crippen LogP contribution in [0.5, 0.6) is 0 Å². The first kappa shape index (κ1) is 47.5. The number of aliphatic hydroxyl groups excluding tert-OH is 2. The first-order chi connectivity index (χ1) is 26.3. The Hall–Kier alpha value is -2.13. The molecule has 2 amide bonds. The van der Waals surface area contributed by atoms with Gasteiger partial charge in [0.15, 0.2) is 17.7 Å². The summed E-state index contributed by atoms with van der Waals surface area (Å²) in [6.45, 7) is 4.46. The number of phosphoric ester groups is 3. The van der Waals surface area contributed by atoms with Crippen molar-refractivity contribution in [1.82, 2.24) is 35.5 Å². The Kier molecular flexibility index (Phi) is 15.9. The molecule has 2 fully saturated rings. The van der Waals surface area contributed by atoms with Crippen molar-refractivity contribution in [3.8, 4) is 0 Å². The van der Waals surface area contributed by atoms with Gasteiger partial charge >= 0.3 is 23.5 Å². The second kappa shape index (κ2) is 19.1. The molecule has 0 saturated carbocycles. The minimum absolute atomic E-state index is 0.0285. The fraction of sp³-hybridized carbons (Fsp3) is 0.704. The van der Waals surface area contributed by atoms with Crippen LogP contribution in [-0.4, -0.2) is 139 Å². The van der Waals surface area contributed by atoms with Crippen LogP contribution in [0.2, 0.25) is 0 Å². The van der Waals surface area contributed by atoms with Crippen molar-refractivity contribution in [3.63, 3.8) is 0 Å². The van der Waals surface area contributed by atoms with Gasteiger partial charge in [0.25, 0.3) is 0 Å². The third kappa shape index (κ3) is 13.7. The summed E-state index contributed by atoms with van der Waals surface area (Å²) in [6, 6.07) is -0.275. The summed E-state index contributed by atoms with van der Waals surface area (Å²) < 4.78 is 62.2. The smallest absolute Gasteiger partial charge is 0.386 e. The molecule has 0 radical (unpaired) electrons. The molecule has 322 valence electrons. The van der Waals surface area contributed by atoms with Crippen LogP contribution in [0.4, 0.5) is 5.82 Å². The van der Waals surface area contributed by atoms with E-state index in [-0.39, 0.29) is 52.5 Å². The minimum Gasteiger partial charge on any atom is -0.386 e. The zero-order valence-corrected chi connectivity index (χ0v) is 35.1. The molecular formula is C27H45N8O17P3S2. The summed E-state index contributed by atoms with van der Waals surface area (Å²) in [5, 5.41) is 29.6. The van der Waals surface area contributed by atoms with Crippen molar-refractivity contribution in [2.75, 3.05) is 43.5 Å². The molecule has 30 heteroatoms. The molecule has 2 aliphatic rings. The third-order valence-electron chi connectivity index (χ3n) is 8.16. The first-order valence-electron chi connectivity index (χ1n) is 16.8. The van der Waals surface area contributed by atoms with Crippen molar-refractivity contribution >= 4 is 80.9 Å². The second-order valence-electron chi connectivity index (χ2n) is 13.8. The average molecular weight is 911 g/mol. The van der Waals surface area contributed by atoms with E-state index in [1.807, 2.05) is 13.8 Å². The molecular weight excluding hydrogens is 865 g/mol. The largest absolute Gasteiger partial charge is 0.481 e. The number of carbonyl (C=O) groups is 3. The minimum atomic E-state index is -5.57. The zero-order chi connectivity index (χ0) is 42.6. The normalized spacial score (nSPS) is 25.1. The molecule has 0 aromatic carbocycles. The van der Waals surface area contributed by atoms with Crippen LogP contribution in [0.3, 0.4) is 0 Å². The van der Waals surface area contributed by atoms with Crippen molar-refractivity contribution in [2.45, 2.75) is 75.7 Å². The van der Waals surface area contributed by atoms with Gasteiger partial charge in [-0.1, -0.05) is 25.6 Å². The molecule has 0 aliphatic carbocycles. The van der Waals surface area contributed by atoms with Gasteiger partial charge < -0.3 is 50.9 Å². The monoisotopic (exact) mass is 910 g/mol. The lowest BCUT2D eigenvalue weighted by Crippen LogP contribution is -2.46. The van der Waals surface area contributed by atoms with Crippen LogP contribution in [0, 0.1) is 5.41 Å². The SMILES string of the molecule is CC1(C)NC(C(=O)SCCNC(=O)CCNC(=O)C(O)C(C)(C)COP(=O)(O)OP(=O)(O)OCC2OC(n3cnc4c(N)ncnc43)C(O)C2OP(=O)(O)O)CS1. The highest BCUT2D eigenvalue weighted by Gasteiger charge is 2.50. The quantitative estimate of drug-likeness (QED) is 0.0569. The molecule has 25 nitrogen and oxygen atoms in total. The number of hydrogen-bond donors (Lipinski definition) is 10. The molecule has 4 heterocycles. The predicted molar refractivity (Wildman–Crippen MR) is 201 cm³/mol. The summed E-state index contributed by atoms with van der Waals surface area (Å²) in [5.41, 5.74) is 4.26. The van der Waals surface area contributed by atoms with Gasteiger partial charge in [0.05, 0.1) is 30.5 Å². The van der Waals surface area contributed by atoms with E-state index >= 15 is 0 Å². The lowest BCUT2D eigenvalue weighted by atomic mass is 9.87. The number of ether oxygens (including phenoxy) is 1. The number of anilines is 1. The Morgan fingerprint density at radius 1 is 1.12 bits per heavy atom. The summed E-state index contributed by atoms with van der Waals surface area (Å²) in [6.07, 6.45) is -6.91. The number of nitrogens with two attached hydrogens (primary N) is 1. The maximum Gasteiger partial charge on any atom is 0.481 e. The van der Waals surface area contributed by atoms with Crippen molar-refractivity contribution in [2.24, 2.45) is 5.41 Å². The molecule has 57 heavy (non-hydrogen) atoms. The summed E-state index contributed by atoms with van der Waals surface area (Å²) in [5.74, 6) is -0.452. The lowest BCUT2D eigenvalue weighted by molar-refractivity contribution is -0.137. The number of nitrogens with zero attached hydrogens (tertiary/aromatic N) is 4. The lowest BCUT2D eigenvalue weighted by Gasteiger charge is -2.30. The molecule has 0 spiro atoms. The number of nitrogen functional groups attached to an aromatic ring is 1. The number of rotatable bonds is 20. The van der Waals surface area contributed by atoms with Crippen LogP contribution in [0.25, 0.3) is 11.2 Å². The Balaban J connectivity index is 1.22. The van der Waals surface area contributed by atoms with Crippen molar-refractivity contribution in [3.05, 3.63) is 12.7 Å². The van der Waals surface area contributed by atoms with Crippen LogP contribution in [0.1, 0.15) is 40.3 Å². The highest BCUT2D eigenvalue weighted by Crippen LogP contribution is 2.61. The van der Waals surface area contributed by atoms with E-state index in [0.29, 0.717) is 11.5 Å². The van der Waals surface area contributed by atoms with Gasteiger partial charge in [-0.3, -0.25) is 37.8 Å². The fourth-order valence-electron chi connectivity index (χ4n) is 5.30. The highest BCUT2D eigenvalue weighted by molar-refractivity contribution is 8.14. The molecule has 11 N–H and O–H groups in total. The van der Waals surface area contributed by atoms with Gasteiger partial charge in [0.1, 0.15) is 36.3 Å². The summed E-state index contributed by atoms with van der Waals surface area (Å²) in [4.78, 5) is 87.9. The Bertz CT molecular complexity index is 1920. The van der Waals surface area contributed by atoms with E-state index < -0.39 is 84.6 Å². The van der Waals surface area contributed by atoms with E-state index in [2.05, 4.69) is 39.7 Å². The number of aromatic nitrogens is 4. The molecule has 2 aliphatic heterocycles.